The SMILES string of the molecule is CC(N)C1CCN(C(=O)CCNC(=O)c2ccco2)CC1. The zero-order valence-corrected chi connectivity index (χ0v) is 12.4. The van der Waals surface area contributed by atoms with Crippen molar-refractivity contribution in [2.45, 2.75) is 32.2 Å². The molecule has 6 heteroatoms. The first-order valence-corrected chi connectivity index (χ1v) is 7.43. The van der Waals surface area contributed by atoms with Gasteiger partial charge < -0.3 is 20.4 Å². The van der Waals surface area contributed by atoms with Gasteiger partial charge in [0.2, 0.25) is 5.91 Å². The molecule has 2 amide bonds. The highest BCUT2D eigenvalue weighted by Crippen LogP contribution is 2.19. The van der Waals surface area contributed by atoms with Crippen molar-refractivity contribution in [1.82, 2.24) is 10.2 Å². The number of likely N-dealkylation sites (tertiary alicyclic amines) is 1. The van der Waals surface area contributed by atoms with Gasteiger partial charge in [-0.1, -0.05) is 0 Å². The van der Waals surface area contributed by atoms with Gasteiger partial charge in [-0.3, -0.25) is 9.59 Å². The minimum absolute atomic E-state index is 0.0814. The molecular weight excluding hydrogens is 270 g/mol. The molecule has 0 aliphatic carbocycles. The van der Waals surface area contributed by atoms with Gasteiger partial charge in [0.15, 0.2) is 5.76 Å². The summed E-state index contributed by atoms with van der Waals surface area (Å²) in [6.07, 6.45) is 3.68. The molecule has 116 valence electrons. The molecule has 1 aromatic rings. The second-order valence-corrected chi connectivity index (χ2v) is 5.56. The maximum absolute atomic E-state index is 12.1. The number of carbonyl (C=O) groups is 2. The Morgan fingerprint density at radius 1 is 1.48 bits per heavy atom. The third-order valence-electron chi connectivity index (χ3n) is 4.01. The van der Waals surface area contributed by atoms with Crippen molar-refractivity contribution in [2.75, 3.05) is 19.6 Å². The number of nitrogens with zero attached hydrogens (tertiary/aromatic N) is 1. The molecule has 21 heavy (non-hydrogen) atoms. The third-order valence-corrected chi connectivity index (χ3v) is 4.01. The predicted molar refractivity (Wildman–Crippen MR) is 78.6 cm³/mol. The second kappa shape index (κ2) is 7.26. The van der Waals surface area contributed by atoms with Crippen LogP contribution < -0.4 is 11.1 Å². The molecule has 1 saturated heterocycles. The average molecular weight is 293 g/mol. The highest BCUT2D eigenvalue weighted by molar-refractivity contribution is 5.91. The summed E-state index contributed by atoms with van der Waals surface area (Å²) in [5.41, 5.74) is 5.89. The largest absolute Gasteiger partial charge is 0.459 e. The number of piperidine rings is 1. The predicted octanol–water partition coefficient (Wildman–Crippen LogP) is 0.985. The van der Waals surface area contributed by atoms with Crippen LogP contribution in [0.3, 0.4) is 0 Å². The van der Waals surface area contributed by atoms with Gasteiger partial charge in [-0.15, -0.1) is 0 Å². The van der Waals surface area contributed by atoms with Gasteiger partial charge >= 0.3 is 0 Å². The molecule has 2 rings (SSSR count). The number of amides is 2. The van der Waals surface area contributed by atoms with E-state index in [1.165, 1.54) is 6.26 Å². The van der Waals surface area contributed by atoms with Crippen LogP contribution in [0.1, 0.15) is 36.7 Å². The Bertz CT molecular complexity index is 463. The zero-order valence-electron chi connectivity index (χ0n) is 12.4. The lowest BCUT2D eigenvalue weighted by Crippen LogP contribution is -2.43. The topological polar surface area (TPSA) is 88.6 Å². The van der Waals surface area contributed by atoms with Gasteiger partial charge in [0.05, 0.1) is 6.26 Å². The summed E-state index contributed by atoms with van der Waals surface area (Å²) in [4.78, 5) is 25.6. The summed E-state index contributed by atoms with van der Waals surface area (Å²) in [6, 6.07) is 3.44. The molecule has 6 nitrogen and oxygen atoms in total. The van der Waals surface area contributed by atoms with Gasteiger partial charge in [-0.2, -0.15) is 0 Å². The molecule has 0 saturated carbocycles. The van der Waals surface area contributed by atoms with Crippen LogP contribution in [0, 0.1) is 5.92 Å². The van der Waals surface area contributed by atoms with Crippen LogP contribution in [0.5, 0.6) is 0 Å². The molecule has 0 aromatic carbocycles. The van der Waals surface area contributed by atoms with E-state index in [9.17, 15) is 9.59 Å². The Balaban J connectivity index is 1.67. The van der Waals surface area contributed by atoms with E-state index >= 15 is 0 Å². The fourth-order valence-corrected chi connectivity index (χ4v) is 2.61. The molecular formula is C15H23N3O3. The Hall–Kier alpha value is -1.82. The second-order valence-electron chi connectivity index (χ2n) is 5.56. The highest BCUT2D eigenvalue weighted by atomic mass is 16.3. The van der Waals surface area contributed by atoms with E-state index in [0.717, 1.165) is 25.9 Å². The first-order valence-electron chi connectivity index (χ1n) is 7.43. The summed E-state index contributed by atoms with van der Waals surface area (Å²) in [5, 5.41) is 2.68. The van der Waals surface area contributed by atoms with Crippen LogP contribution in [-0.4, -0.2) is 42.4 Å². The van der Waals surface area contributed by atoms with Gasteiger partial charge in [-0.25, -0.2) is 0 Å². The normalized spacial score (nSPS) is 17.5. The number of hydrogen-bond acceptors (Lipinski definition) is 4. The molecule has 0 spiro atoms. The van der Waals surface area contributed by atoms with Crippen LogP contribution >= 0.6 is 0 Å². The fraction of sp³-hybridized carbons (Fsp3) is 0.600. The molecule has 1 fully saturated rings. The molecule has 1 aliphatic heterocycles. The summed E-state index contributed by atoms with van der Waals surface area (Å²) in [7, 11) is 0. The zero-order chi connectivity index (χ0) is 15.2. The Kier molecular flexibility index (Phi) is 5.38. The standard InChI is InChI=1S/C15H23N3O3/c1-11(16)12-5-8-18(9-6-12)14(19)4-7-17-15(20)13-3-2-10-21-13/h2-3,10-12H,4-9,16H2,1H3,(H,17,20). The molecule has 1 unspecified atom stereocenters. The number of nitrogens with one attached hydrogen (secondary N) is 1. The lowest BCUT2D eigenvalue weighted by molar-refractivity contribution is -0.132. The molecule has 1 aliphatic rings. The van der Waals surface area contributed by atoms with Crippen molar-refractivity contribution in [2.24, 2.45) is 11.7 Å². The third kappa shape index (κ3) is 4.32. The Morgan fingerprint density at radius 3 is 2.76 bits per heavy atom. The van der Waals surface area contributed by atoms with Crippen LogP contribution in [0.15, 0.2) is 22.8 Å². The number of nitrogens with two attached hydrogens (primary N) is 1. The maximum atomic E-state index is 12.1. The lowest BCUT2D eigenvalue weighted by atomic mass is 9.91. The number of carbonyl (C=O) groups excluding carboxylic acids is 2. The van der Waals surface area contributed by atoms with E-state index in [1.807, 2.05) is 11.8 Å². The summed E-state index contributed by atoms with van der Waals surface area (Å²) >= 11 is 0. The number of hydrogen-bond donors (Lipinski definition) is 2. The van der Waals surface area contributed by atoms with Gasteiger partial charge in [0.1, 0.15) is 0 Å². The number of furan rings is 1. The lowest BCUT2D eigenvalue weighted by Gasteiger charge is -2.33. The molecule has 0 bridgehead atoms. The smallest absolute Gasteiger partial charge is 0.286 e. The van der Waals surface area contributed by atoms with E-state index in [2.05, 4.69) is 5.32 Å². The Morgan fingerprint density at radius 2 is 2.19 bits per heavy atom. The van der Waals surface area contributed by atoms with Crippen LogP contribution in [0.2, 0.25) is 0 Å². The first-order chi connectivity index (χ1) is 10.1. The van der Waals surface area contributed by atoms with Crippen molar-refractivity contribution in [3.8, 4) is 0 Å². The highest BCUT2D eigenvalue weighted by Gasteiger charge is 2.24. The Labute approximate surface area is 124 Å². The van der Waals surface area contributed by atoms with Crippen molar-refractivity contribution < 1.29 is 14.0 Å². The van der Waals surface area contributed by atoms with Crippen LogP contribution in [-0.2, 0) is 4.79 Å². The van der Waals surface area contributed by atoms with E-state index in [4.69, 9.17) is 10.2 Å². The average Bonchev–Trinajstić information content (AvgIpc) is 3.01. The summed E-state index contributed by atoms with van der Waals surface area (Å²) < 4.78 is 4.98. The molecule has 0 radical (unpaired) electrons. The monoisotopic (exact) mass is 293 g/mol. The number of rotatable bonds is 5. The van der Waals surface area contributed by atoms with E-state index < -0.39 is 0 Å². The van der Waals surface area contributed by atoms with Gasteiger partial charge in [-0.05, 0) is 37.8 Å². The molecule has 2 heterocycles. The fourth-order valence-electron chi connectivity index (χ4n) is 2.61. The summed E-state index contributed by atoms with van der Waals surface area (Å²) in [6.45, 7) is 3.87. The maximum Gasteiger partial charge on any atom is 0.286 e. The first kappa shape index (κ1) is 15.6. The quantitative estimate of drug-likeness (QED) is 0.847. The molecule has 1 aromatic heterocycles. The van der Waals surface area contributed by atoms with Crippen molar-refractivity contribution >= 4 is 11.8 Å². The van der Waals surface area contributed by atoms with Crippen molar-refractivity contribution in [1.29, 1.82) is 0 Å². The van der Waals surface area contributed by atoms with E-state index in [1.54, 1.807) is 12.1 Å². The van der Waals surface area contributed by atoms with E-state index in [0.29, 0.717) is 18.9 Å². The molecule has 1 atom stereocenters. The molecule has 3 N–H and O–H groups in total. The van der Waals surface area contributed by atoms with Gasteiger partial charge in [0, 0.05) is 32.1 Å². The van der Waals surface area contributed by atoms with Gasteiger partial charge in [0.25, 0.3) is 5.91 Å². The van der Waals surface area contributed by atoms with E-state index in [-0.39, 0.29) is 23.6 Å². The van der Waals surface area contributed by atoms with Crippen molar-refractivity contribution in [3.05, 3.63) is 24.2 Å². The summed E-state index contributed by atoms with van der Waals surface area (Å²) in [5.74, 6) is 0.564. The minimum Gasteiger partial charge on any atom is -0.459 e. The van der Waals surface area contributed by atoms with Crippen LogP contribution in [0.25, 0.3) is 0 Å². The van der Waals surface area contributed by atoms with Crippen LogP contribution in [0.4, 0.5) is 0 Å². The van der Waals surface area contributed by atoms with Crippen molar-refractivity contribution in [3.63, 3.8) is 0 Å². The minimum atomic E-state index is -0.288.